The summed E-state index contributed by atoms with van der Waals surface area (Å²) in [4.78, 5) is 38.9. The van der Waals surface area contributed by atoms with Gasteiger partial charge in [0.05, 0.1) is 18.7 Å². The van der Waals surface area contributed by atoms with Gasteiger partial charge in [0.15, 0.2) is 6.23 Å². The summed E-state index contributed by atoms with van der Waals surface area (Å²) >= 11 is 0. The number of β-lactam (4-membered cyclic amide) rings is 1. The van der Waals surface area contributed by atoms with E-state index in [9.17, 15) is 14.4 Å². The van der Waals surface area contributed by atoms with Crippen LogP contribution >= 0.6 is 0 Å². The molecule has 2 N–H and O–H groups in total. The van der Waals surface area contributed by atoms with Crippen LogP contribution < -0.4 is 10.1 Å². The molecule has 1 aliphatic rings. The van der Waals surface area contributed by atoms with Gasteiger partial charge in [-0.05, 0) is 60.7 Å². The highest BCUT2D eigenvalue weighted by atomic mass is 16.5. The van der Waals surface area contributed by atoms with E-state index in [1.807, 2.05) is 45.0 Å². The Kier molecular flexibility index (Phi) is 7.33. The van der Waals surface area contributed by atoms with Crippen LogP contribution in [0.4, 0.5) is 4.79 Å². The van der Waals surface area contributed by atoms with E-state index in [4.69, 9.17) is 14.3 Å². The Hall–Kier alpha value is -3.81. The minimum atomic E-state index is -0.916. The number of likely N-dealkylation sites (tertiary alicyclic amines) is 1. The van der Waals surface area contributed by atoms with Crippen LogP contribution in [-0.2, 0) is 16.0 Å². The maximum Gasteiger partial charge on any atom is 0.327 e. The van der Waals surface area contributed by atoms with E-state index < -0.39 is 23.6 Å². The Morgan fingerprint density at radius 2 is 1.83 bits per heavy atom. The lowest BCUT2D eigenvalue weighted by Gasteiger charge is -2.53. The molecule has 2 atom stereocenters. The number of furan rings is 1. The van der Waals surface area contributed by atoms with Gasteiger partial charge in [0.2, 0.25) is 5.91 Å². The molecule has 1 aliphatic heterocycles. The number of nitrogens with zero attached hydrogens (tertiary/aromatic N) is 1. The number of carbonyl (C=O) groups excluding carboxylic acids is 2. The smallest absolute Gasteiger partial charge is 0.327 e. The number of hydrogen-bond acceptors (Lipinski definition) is 5. The number of benzene rings is 2. The van der Waals surface area contributed by atoms with Gasteiger partial charge >= 0.3 is 12.0 Å². The van der Waals surface area contributed by atoms with E-state index in [0.717, 1.165) is 23.0 Å². The summed E-state index contributed by atoms with van der Waals surface area (Å²) < 4.78 is 11.6. The maximum atomic E-state index is 13.4. The van der Waals surface area contributed by atoms with Crippen molar-refractivity contribution in [2.75, 3.05) is 0 Å². The number of carboxylic acids is 1. The Morgan fingerprint density at radius 3 is 2.47 bits per heavy atom. The fourth-order valence-electron chi connectivity index (χ4n) is 4.92. The first-order chi connectivity index (χ1) is 17.3. The molecule has 0 spiro atoms. The molecule has 1 aromatic heterocycles. The Morgan fingerprint density at radius 1 is 1.11 bits per heavy atom. The van der Waals surface area contributed by atoms with Crippen molar-refractivity contribution in [3.63, 3.8) is 0 Å². The quantitative estimate of drug-likeness (QED) is 0.353. The fraction of sp³-hybridized carbons (Fsp3) is 0.393. The van der Waals surface area contributed by atoms with E-state index in [2.05, 4.69) is 5.32 Å². The Balaban J connectivity index is 1.55. The third-order valence-electron chi connectivity index (χ3n) is 7.11. The highest BCUT2D eigenvalue weighted by Crippen LogP contribution is 2.46. The molecule has 8 heteroatoms. The lowest BCUT2D eigenvalue weighted by molar-refractivity contribution is -0.191. The molecule has 3 amide bonds. The molecule has 0 aliphatic carbocycles. The number of urea groups is 1. The highest BCUT2D eigenvalue weighted by molar-refractivity contribution is 6.03. The molecule has 2 aromatic carbocycles. The van der Waals surface area contributed by atoms with Crippen LogP contribution in [-0.4, -0.2) is 34.1 Å². The second kappa shape index (κ2) is 10.4. The molecule has 8 nitrogen and oxygen atoms in total. The summed E-state index contributed by atoms with van der Waals surface area (Å²) in [6.07, 6.45) is 3.40. The first-order valence-electron chi connectivity index (χ1n) is 12.4. The van der Waals surface area contributed by atoms with Crippen LogP contribution in [0.5, 0.6) is 5.75 Å². The van der Waals surface area contributed by atoms with Gasteiger partial charge in [-0.3, -0.25) is 9.59 Å². The molecule has 1 saturated heterocycles. The molecule has 2 heterocycles. The van der Waals surface area contributed by atoms with E-state index >= 15 is 0 Å². The Labute approximate surface area is 210 Å². The second-order valence-corrected chi connectivity index (χ2v) is 9.23. The molecule has 36 heavy (non-hydrogen) atoms. The van der Waals surface area contributed by atoms with E-state index in [1.165, 1.54) is 4.90 Å². The van der Waals surface area contributed by atoms with Crippen LogP contribution in [0.1, 0.15) is 63.6 Å². The molecule has 1 fully saturated rings. The largest absolute Gasteiger partial charge is 0.481 e. The number of carbonyl (C=O) groups is 3. The van der Waals surface area contributed by atoms with Crippen LogP contribution in [0.15, 0.2) is 59.2 Å². The van der Waals surface area contributed by atoms with Crippen molar-refractivity contribution in [1.82, 2.24) is 10.2 Å². The summed E-state index contributed by atoms with van der Waals surface area (Å²) in [6.45, 7) is 5.88. The van der Waals surface area contributed by atoms with Crippen molar-refractivity contribution in [3.05, 3.63) is 65.9 Å². The van der Waals surface area contributed by atoms with Crippen LogP contribution in [0.2, 0.25) is 0 Å². The molecule has 4 rings (SSSR count). The standard InChI is InChI=1S/C28H32N2O6/c1-4-7-22(19-10-13-23-20(17-19)14-15-35-23)29-27(34)30-25(33)28(5-2,6-3)26(30)36-21-11-8-18(9-12-21)16-24(31)32/h8-15,17,22,26H,4-7,16H2,1-3H3,(H,29,34)(H,31,32)/t22-,26+/m1/s1. The summed E-state index contributed by atoms with van der Waals surface area (Å²) in [5.74, 6) is -0.695. The third kappa shape index (κ3) is 4.67. The lowest BCUT2D eigenvalue weighted by atomic mass is 9.72. The van der Waals surface area contributed by atoms with Gasteiger partial charge < -0.3 is 19.6 Å². The number of rotatable bonds is 10. The Bertz CT molecular complexity index is 1240. The van der Waals surface area contributed by atoms with Crippen LogP contribution in [0.25, 0.3) is 11.0 Å². The van der Waals surface area contributed by atoms with Gasteiger partial charge in [-0.1, -0.05) is 45.4 Å². The average molecular weight is 493 g/mol. The molecular weight excluding hydrogens is 460 g/mol. The van der Waals surface area contributed by atoms with E-state index in [-0.39, 0.29) is 18.4 Å². The zero-order valence-corrected chi connectivity index (χ0v) is 20.8. The van der Waals surface area contributed by atoms with Gasteiger partial charge in [-0.2, -0.15) is 0 Å². The number of carboxylic acid groups (broad SMARTS) is 1. The minimum absolute atomic E-state index is 0.0893. The lowest BCUT2D eigenvalue weighted by Crippen LogP contribution is -2.73. The molecule has 0 saturated carbocycles. The summed E-state index contributed by atoms with van der Waals surface area (Å²) in [5, 5.41) is 13.0. The molecular formula is C28H32N2O6. The van der Waals surface area contributed by atoms with E-state index in [1.54, 1.807) is 30.5 Å². The number of ether oxygens (including phenoxy) is 1. The SMILES string of the molecule is CCC[C@@H](NC(=O)N1C(=O)C(CC)(CC)[C@@H]1Oc1ccc(CC(=O)O)cc1)c1ccc2occc2c1. The van der Waals surface area contributed by atoms with Crippen molar-refractivity contribution in [3.8, 4) is 5.75 Å². The highest BCUT2D eigenvalue weighted by Gasteiger charge is 2.63. The fourth-order valence-corrected chi connectivity index (χ4v) is 4.92. The average Bonchev–Trinajstić information content (AvgIpc) is 3.33. The zero-order chi connectivity index (χ0) is 25.9. The van der Waals surface area contributed by atoms with Crippen molar-refractivity contribution in [2.45, 2.75) is 65.1 Å². The van der Waals surface area contributed by atoms with Gasteiger partial charge in [0.1, 0.15) is 16.7 Å². The molecule has 3 aromatic rings. The summed E-state index contributed by atoms with van der Waals surface area (Å²) in [7, 11) is 0. The van der Waals surface area contributed by atoms with Gasteiger partial charge in [0, 0.05) is 5.39 Å². The maximum absolute atomic E-state index is 13.4. The summed E-state index contributed by atoms with van der Waals surface area (Å²) in [5.41, 5.74) is 1.56. The third-order valence-corrected chi connectivity index (χ3v) is 7.11. The van der Waals surface area contributed by atoms with Gasteiger partial charge in [0.25, 0.3) is 0 Å². The number of aliphatic carboxylic acids is 1. The normalized spacial score (nSPS) is 17.5. The number of hydrogen-bond donors (Lipinski definition) is 2. The summed E-state index contributed by atoms with van der Waals surface area (Å²) in [6, 6.07) is 13.6. The van der Waals surface area contributed by atoms with Gasteiger partial charge in [-0.25, -0.2) is 9.69 Å². The monoisotopic (exact) mass is 492 g/mol. The molecule has 190 valence electrons. The van der Waals surface area contributed by atoms with E-state index in [0.29, 0.717) is 30.6 Å². The van der Waals surface area contributed by atoms with Gasteiger partial charge in [-0.15, -0.1) is 0 Å². The van der Waals surface area contributed by atoms with Crippen molar-refractivity contribution < 1.29 is 28.6 Å². The van der Waals surface area contributed by atoms with Crippen LogP contribution in [0, 0.1) is 5.41 Å². The number of fused-ring (bicyclic) bond motifs is 1. The predicted octanol–water partition coefficient (Wildman–Crippen LogP) is 5.66. The van der Waals surface area contributed by atoms with Crippen molar-refractivity contribution in [1.29, 1.82) is 0 Å². The topological polar surface area (TPSA) is 109 Å². The van der Waals surface area contributed by atoms with Crippen LogP contribution in [0.3, 0.4) is 0 Å². The minimum Gasteiger partial charge on any atom is -0.481 e. The first-order valence-corrected chi connectivity index (χ1v) is 12.4. The first kappa shape index (κ1) is 25.3. The van der Waals surface area contributed by atoms with Crippen molar-refractivity contribution in [2.24, 2.45) is 5.41 Å². The zero-order valence-electron chi connectivity index (χ0n) is 20.8. The molecule has 0 bridgehead atoms. The number of nitrogens with one attached hydrogen (secondary N) is 1. The number of imide groups is 1. The predicted molar refractivity (Wildman–Crippen MR) is 134 cm³/mol. The second-order valence-electron chi connectivity index (χ2n) is 9.23. The van der Waals surface area contributed by atoms with Crippen molar-refractivity contribution >= 4 is 28.9 Å². The number of amides is 3. The molecule has 0 radical (unpaired) electrons. The molecule has 0 unspecified atom stereocenters.